The standard InChI is InChI=1S/C13H21NO2S/c1-2-14-13(10-15)6-5-12(8-13)17-9-11-4-3-7-16-11/h3-4,7,12,14-15H,2,5-6,8-10H2,1H3. The molecule has 0 amide bonds. The van der Waals surface area contributed by atoms with Gasteiger partial charge in [-0.3, -0.25) is 0 Å². The average Bonchev–Trinajstić information content (AvgIpc) is 2.96. The van der Waals surface area contributed by atoms with E-state index in [-0.39, 0.29) is 12.1 Å². The van der Waals surface area contributed by atoms with E-state index >= 15 is 0 Å². The fourth-order valence-corrected chi connectivity index (χ4v) is 3.83. The molecule has 96 valence electrons. The van der Waals surface area contributed by atoms with Gasteiger partial charge in [-0.05, 0) is 37.9 Å². The van der Waals surface area contributed by atoms with Gasteiger partial charge in [-0.2, -0.15) is 11.8 Å². The average molecular weight is 255 g/mol. The number of likely N-dealkylation sites (N-methyl/N-ethyl adjacent to an activating group) is 1. The predicted molar refractivity (Wildman–Crippen MR) is 71.1 cm³/mol. The first kappa shape index (κ1) is 13.0. The lowest BCUT2D eigenvalue weighted by atomic mass is 9.99. The molecule has 1 aromatic heterocycles. The lowest BCUT2D eigenvalue weighted by Crippen LogP contribution is -2.46. The summed E-state index contributed by atoms with van der Waals surface area (Å²) < 4.78 is 5.33. The molecule has 1 aliphatic rings. The number of thioether (sulfide) groups is 1. The van der Waals surface area contributed by atoms with Crippen LogP contribution in [0.3, 0.4) is 0 Å². The second-order valence-corrected chi connectivity index (χ2v) is 6.01. The van der Waals surface area contributed by atoms with E-state index in [4.69, 9.17) is 4.42 Å². The van der Waals surface area contributed by atoms with Crippen LogP contribution in [0.2, 0.25) is 0 Å². The summed E-state index contributed by atoms with van der Waals surface area (Å²) in [5.74, 6) is 1.98. The number of rotatable bonds is 6. The number of hydrogen-bond acceptors (Lipinski definition) is 4. The van der Waals surface area contributed by atoms with Gasteiger partial charge in [0.15, 0.2) is 0 Å². The van der Waals surface area contributed by atoms with Crippen molar-refractivity contribution < 1.29 is 9.52 Å². The zero-order valence-corrected chi connectivity index (χ0v) is 11.1. The largest absolute Gasteiger partial charge is 0.468 e. The Morgan fingerprint density at radius 2 is 2.53 bits per heavy atom. The third-order valence-electron chi connectivity index (χ3n) is 3.46. The Bertz CT molecular complexity index is 328. The van der Waals surface area contributed by atoms with Gasteiger partial charge in [0, 0.05) is 10.8 Å². The van der Waals surface area contributed by atoms with Crippen LogP contribution in [0.25, 0.3) is 0 Å². The van der Waals surface area contributed by atoms with Crippen LogP contribution in [0.1, 0.15) is 31.9 Å². The minimum absolute atomic E-state index is 0.0322. The first-order chi connectivity index (χ1) is 8.28. The molecule has 17 heavy (non-hydrogen) atoms. The van der Waals surface area contributed by atoms with Crippen molar-refractivity contribution in [3.63, 3.8) is 0 Å². The molecule has 4 heteroatoms. The van der Waals surface area contributed by atoms with Crippen molar-refractivity contribution in [2.24, 2.45) is 0 Å². The Morgan fingerprint density at radius 3 is 3.18 bits per heavy atom. The maximum absolute atomic E-state index is 9.53. The summed E-state index contributed by atoms with van der Waals surface area (Å²) >= 11 is 1.94. The monoisotopic (exact) mass is 255 g/mol. The molecular formula is C13H21NO2S. The smallest absolute Gasteiger partial charge is 0.113 e. The van der Waals surface area contributed by atoms with Gasteiger partial charge in [0.2, 0.25) is 0 Å². The van der Waals surface area contributed by atoms with E-state index in [1.54, 1.807) is 6.26 Å². The van der Waals surface area contributed by atoms with Crippen LogP contribution in [0.4, 0.5) is 0 Å². The molecule has 0 radical (unpaired) electrons. The lowest BCUT2D eigenvalue weighted by Gasteiger charge is -2.27. The van der Waals surface area contributed by atoms with Crippen LogP contribution in [-0.4, -0.2) is 29.0 Å². The summed E-state index contributed by atoms with van der Waals surface area (Å²) in [6.07, 6.45) is 5.04. The summed E-state index contributed by atoms with van der Waals surface area (Å²) in [5.41, 5.74) is -0.0322. The molecule has 0 bridgehead atoms. The second kappa shape index (κ2) is 5.94. The van der Waals surface area contributed by atoms with Gasteiger partial charge in [-0.25, -0.2) is 0 Å². The minimum Gasteiger partial charge on any atom is -0.468 e. The van der Waals surface area contributed by atoms with E-state index < -0.39 is 0 Å². The number of hydrogen-bond donors (Lipinski definition) is 2. The van der Waals surface area contributed by atoms with Gasteiger partial charge in [-0.1, -0.05) is 6.92 Å². The molecule has 2 unspecified atom stereocenters. The summed E-state index contributed by atoms with van der Waals surface area (Å²) in [6.45, 7) is 3.27. The molecule has 0 aliphatic heterocycles. The summed E-state index contributed by atoms with van der Waals surface area (Å²) in [6, 6.07) is 3.95. The van der Waals surface area contributed by atoms with Crippen LogP contribution in [0.15, 0.2) is 22.8 Å². The summed E-state index contributed by atoms with van der Waals surface area (Å²) in [4.78, 5) is 0. The third kappa shape index (κ3) is 3.27. The molecule has 2 N–H and O–H groups in total. The maximum Gasteiger partial charge on any atom is 0.113 e. The topological polar surface area (TPSA) is 45.4 Å². The minimum atomic E-state index is -0.0322. The Morgan fingerprint density at radius 1 is 1.65 bits per heavy atom. The van der Waals surface area contributed by atoms with Crippen molar-refractivity contribution in [3.8, 4) is 0 Å². The van der Waals surface area contributed by atoms with Gasteiger partial charge in [0.1, 0.15) is 5.76 Å². The van der Waals surface area contributed by atoms with E-state index in [0.717, 1.165) is 30.9 Å². The van der Waals surface area contributed by atoms with Crippen molar-refractivity contribution in [3.05, 3.63) is 24.2 Å². The van der Waals surface area contributed by atoms with Crippen LogP contribution >= 0.6 is 11.8 Å². The Balaban J connectivity index is 1.81. The van der Waals surface area contributed by atoms with Crippen molar-refractivity contribution in [2.75, 3.05) is 13.2 Å². The molecule has 3 nitrogen and oxygen atoms in total. The molecule has 2 rings (SSSR count). The number of aliphatic hydroxyl groups excluding tert-OH is 1. The molecule has 1 aromatic rings. The molecular weight excluding hydrogens is 234 g/mol. The fourth-order valence-electron chi connectivity index (χ4n) is 2.55. The number of nitrogens with one attached hydrogen (secondary N) is 1. The highest BCUT2D eigenvalue weighted by Gasteiger charge is 2.37. The fraction of sp³-hybridized carbons (Fsp3) is 0.692. The highest BCUT2D eigenvalue weighted by molar-refractivity contribution is 7.99. The normalized spacial score (nSPS) is 28.7. The first-order valence-electron chi connectivity index (χ1n) is 6.28. The van der Waals surface area contributed by atoms with E-state index in [1.807, 2.05) is 23.9 Å². The zero-order chi connectivity index (χ0) is 12.1. The van der Waals surface area contributed by atoms with Gasteiger partial charge in [-0.15, -0.1) is 0 Å². The maximum atomic E-state index is 9.53. The third-order valence-corrected chi connectivity index (χ3v) is 4.78. The van der Waals surface area contributed by atoms with Crippen molar-refractivity contribution in [2.45, 2.75) is 42.7 Å². The predicted octanol–water partition coefficient (Wildman–Crippen LogP) is 2.41. The quantitative estimate of drug-likeness (QED) is 0.819. The van der Waals surface area contributed by atoms with Gasteiger partial charge in [0.05, 0.1) is 18.6 Å². The molecule has 2 atom stereocenters. The second-order valence-electron chi connectivity index (χ2n) is 4.72. The Kier molecular flexibility index (Phi) is 4.54. The summed E-state index contributed by atoms with van der Waals surface area (Å²) in [5, 5.41) is 13.6. The number of aliphatic hydroxyl groups is 1. The van der Waals surface area contributed by atoms with Crippen molar-refractivity contribution in [1.29, 1.82) is 0 Å². The Labute approximate surface area is 107 Å². The molecule has 0 aromatic carbocycles. The number of furan rings is 1. The van der Waals surface area contributed by atoms with E-state index in [0.29, 0.717) is 5.25 Å². The molecule has 1 aliphatic carbocycles. The molecule has 0 saturated heterocycles. The zero-order valence-electron chi connectivity index (χ0n) is 10.3. The van der Waals surface area contributed by atoms with Crippen LogP contribution in [0.5, 0.6) is 0 Å². The van der Waals surface area contributed by atoms with Crippen LogP contribution in [0, 0.1) is 0 Å². The lowest BCUT2D eigenvalue weighted by molar-refractivity contribution is 0.167. The molecule has 1 saturated carbocycles. The Hall–Kier alpha value is -0.450. The first-order valence-corrected chi connectivity index (χ1v) is 7.33. The summed E-state index contributed by atoms with van der Waals surface area (Å²) in [7, 11) is 0. The highest BCUT2D eigenvalue weighted by Crippen LogP contribution is 2.38. The molecule has 1 heterocycles. The van der Waals surface area contributed by atoms with Gasteiger partial charge >= 0.3 is 0 Å². The van der Waals surface area contributed by atoms with Gasteiger partial charge in [0.25, 0.3) is 0 Å². The highest BCUT2D eigenvalue weighted by atomic mass is 32.2. The van der Waals surface area contributed by atoms with Crippen LogP contribution in [-0.2, 0) is 5.75 Å². The van der Waals surface area contributed by atoms with E-state index in [2.05, 4.69) is 12.2 Å². The van der Waals surface area contributed by atoms with E-state index in [9.17, 15) is 5.11 Å². The van der Waals surface area contributed by atoms with Crippen LogP contribution < -0.4 is 5.32 Å². The SMILES string of the molecule is CCNC1(CO)CCC(SCc2ccco2)C1. The van der Waals surface area contributed by atoms with Crippen molar-refractivity contribution in [1.82, 2.24) is 5.32 Å². The van der Waals surface area contributed by atoms with Gasteiger partial charge < -0.3 is 14.8 Å². The van der Waals surface area contributed by atoms with Crippen molar-refractivity contribution >= 4 is 11.8 Å². The molecule has 1 fully saturated rings. The van der Waals surface area contributed by atoms with E-state index in [1.165, 1.54) is 6.42 Å². The molecule has 0 spiro atoms.